The highest BCUT2D eigenvalue weighted by Gasteiger charge is 2.48. The number of hydrogen-bond acceptors (Lipinski definition) is 5. The Hall–Kier alpha value is -3.42. The fourth-order valence-corrected chi connectivity index (χ4v) is 5.87. The quantitative estimate of drug-likeness (QED) is 0.560. The zero-order chi connectivity index (χ0) is 24.9. The minimum atomic E-state index is -1.07. The first-order valence-corrected chi connectivity index (χ1v) is 13.0. The minimum Gasteiger partial charge on any atom is -0.460 e. The van der Waals surface area contributed by atoms with E-state index < -0.39 is 5.54 Å². The zero-order valence-electron chi connectivity index (χ0n) is 21.0. The molecule has 2 amide bonds. The van der Waals surface area contributed by atoms with Gasteiger partial charge in [0.1, 0.15) is 17.0 Å². The van der Waals surface area contributed by atoms with Gasteiger partial charge >= 0.3 is 0 Å². The molecule has 1 aromatic carbocycles. The van der Waals surface area contributed by atoms with Gasteiger partial charge < -0.3 is 28.7 Å². The number of nitrogens with zero attached hydrogens (tertiary/aromatic N) is 2. The van der Waals surface area contributed by atoms with E-state index in [0.29, 0.717) is 29.3 Å². The molecule has 1 N–H and O–H groups in total. The van der Waals surface area contributed by atoms with Crippen LogP contribution in [-0.4, -0.2) is 39.7 Å². The molecular formula is C28H33N3O5. The van der Waals surface area contributed by atoms with E-state index in [1.807, 2.05) is 42.7 Å². The lowest BCUT2D eigenvalue weighted by Gasteiger charge is -2.44. The van der Waals surface area contributed by atoms with Gasteiger partial charge in [0.25, 0.3) is 5.91 Å². The van der Waals surface area contributed by atoms with E-state index in [0.717, 1.165) is 42.5 Å². The number of carbonyl (C=O) groups is 2. The minimum absolute atomic E-state index is 0.102. The van der Waals surface area contributed by atoms with Gasteiger partial charge in [-0.15, -0.1) is 0 Å². The van der Waals surface area contributed by atoms with Crippen LogP contribution in [0.15, 0.2) is 34.7 Å². The van der Waals surface area contributed by atoms with Crippen molar-refractivity contribution in [3.63, 3.8) is 0 Å². The van der Waals surface area contributed by atoms with Crippen molar-refractivity contribution in [1.29, 1.82) is 0 Å². The summed E-state index contributed by atoms with van der Waals surface area (Å²) in [7, 11) is 0. The fourth-order valence-electron chi connectivity index (χ4n) is 5.87. The van der Waals surface area contributed by atoms with Crippen molar-refractivity contribution < 1.29 is 23.5 Å². The van der Waals surface area contributed by atoms with Gasteiger partial charge in [-0.3, -0.25) is 9.59 Å². The molecule has 0 unspecified atom stereocenters. The maximum atomic E-state index is 14.0. The van der Waals surface area contributed by atoms with Crippen LogP contribution < -0.4 is 14.8 Å². The van der Waals surface area contributed by atoms with Crippen LogP contribution in [-0.2, 0) is 17.9 Å². The Labute approximate surface area is 210 Å². The number of aromatic nitrogens is 1. The SMILES string of the molecule is Cc1cc2c(cc3n2C[C@@](C)(C(=O)NC2CCCCCCC2)N(Cc2ccc4c(c2)OCO4)C3=O)o1. The third-order valence-corrected chi connectivity index (χ3v) is 7.95. The molecule has 3 aromatic rings. The van der Waals surface area contributed by atoms with E-state index in [1.165, 1.54) is 19.3 Å². The van der Waals surface area contributed by atoms with Crippen LogP contribution in [0, 0.1) is 6.92 Å². The third kappa shape index (κ3) is 3.92. The lowest BCUT2D eigenvalue weighted by atomic mass is 9.91. The first-order chi connectivity index (χ1) is 17.4. The smallest absolute Gasteiger partial charge is 0.271 e. The summed E-state index contributed by atoms with van der Waals surface area (Å²) in [5.41, 5.74) is 1.88. The van der Waals surface area contributed by atoms with E-state index in [4.69, 9.17) is 13.9 Å². The lowest BCUT2D eigenvalue weighted by Crippen LogP contribution is -2.64. The number of fused-ring (bicyclic) bond motifs is 4. The molecule has 3 aliphatic rings. The normalized spacial score (nSPS) is 22.4. The molecule has 2 aliphatic heterocycles. The number of amides is 2. The third-order valence-electron chi connectivity index (χ3n) is 7.95. The molecular weight excluding hydrogens is 458 g/mol. The summed E-state index contributed by atoms with van der Waals surface area (Å²) in [4.78, 5) is 29.7. The highest BCUT2D eigenvalue weighted by molar-refractivity contribution is 6.03. The van der Waals surface area contributed by atoms with E-state index in [9.17, 15) is 9.59 Å². The van der Waals surface area contributed by atoms with Crippen molar-refractivity contribution in [1.82, 2.24) is 14.8 Å². The summed E-state index contributed by atoms with van der Waals surface area (Å²) in [5, 5.41) is 3.34. The van der Waals surface area contributed by atoms with Crippen LogP contribution in [0.2, 0.25) is 0 Å². The molecule has 0 spiro atoms. The van der Waals surface area contributed by atoms with Crippen LogP contribution >= 0.6 is 0 Å². The van der Waals surface area contributed by atoms with Crippen molar-refractivity contribution in [3.05, 3.63) is 47.3 Å². The second kappa shape index (κ2) is 8.91. The predicted molar refractivity (Wildman–Crippen MR) is 134 cm³/mol. The van der Waals surface area contributed by atoms with Gasteiger partial charge in [0.05, 0.1) is 12.1 Å². The second-order valence-corrected chi connectivity index (χ2v) is 10.6. The summed E-state index contributed by atoms with van der Waals surface area (Å²) in [6, 6.07) is 9.55. The van der Waals surface area contributed by atoms with E-state index in [2.05, 4.69) is 5.32 Å². The standard InChI is InChI=1S/C28H33N3O5/c1-18-12-21-24(36-18)14-22-26(32)31(15-19-10-11-23-25(13-19)35-17-34-23)28(2,16-30(21)22)27(33)29-20-8-6-4-3-5-7-9-20/h10-14,20H,3-9,15-17H2,1-2H3,(H,29,33)/t28-/m0/s1. The summed E-state index contributed by atoms with van der Waals surface area (Å²) >= 11 is 0. The number of aryl methyl sites for hydroxylation is 1. The average Bonchev–Trinajstić information content (AvgIpc) is 3.53. The number of furan rings is 1. The Kier molecular flexibility index (Phi) is 5.69. The van der Waals surface area contributed by atoms with Gasteiger partial charge in [-0.1, -0.05) is 38.2 Å². The summed E-state index contributed by atoms with van der Waals surface area (Å²) in [6.07, 6.45) is 7.91. The summed E-state index contributed by atoms with van der Waals surface area (Å²) in [6.45, 7) is 4.62. The molecule has 0 saturated heterocycles. The molecule has 1 fully saturated rings. The van der Waals surface area contributed by atoms with Crippen LogP contribution in [0.3, 0.4) is 0 Å². The largest absolute Gasteiger partial charge is 0.460 e. The molecule has 1 saturated carbocycles. The lowest BCUT2D eigenvalue weighted by molar-refractivity contribution is -0.134. The maximum absolute atomic E-state index is 14.0. The van der Waals surface area contributed by atoms with Crippen LogP contribution in [0.1, 0.15) is 73.7 Å². The van der Waals surface area contributed by atoms with Crippen LogP contribution in [0.4, 0.5) is 0 Å². The zero-order valence-corrected chi connectivity index (χ0v) is 21.0. The Balaban J connectivity index is 1.35. The van der Waals surface area contributed by atoms with E-state index >= 15 is 0 Å². The number of hydrogen-bond donors (Lipinski definition) is 1. The summed E-state index contributed by atoms with van der Waals surface area (Å²) < 4.78 is 18.8. The van der Waals surface area contributed by atoms with Gasteiger partial charge in [0.15, 0.2) is 17.1 Å². The molecule has 2 aromatic heterocycles. The molecule has 1 atom stereocenters. The highest BCUT2D eigenvalue weighted by atomic mass is 16.7. The second-order valence-electron chi connectivity index (χ2n) is 10.6. The number of carbonyl (C=O) groups excluding carboxylic acids is 2. The van der Waals surface area contributed by atoms with Crippen molar-refractivity contribution in [2.75, 3.05) is 6.79 Å². The fraction of sp³-hybridized carbons (Fsp3) is 0.500. The van der Waals surface area contributed by atoms with Crippen molar-refractivity contribution in [2.24, 2.45) is 0 Å². The number of benzene rings is 1. The molecule has 1 aliphatic carbocycles. The first-order valence-electron chi connectivity index (χ1n) is 13.0. The monoisotopic (exact) mass is 491 g/mol. The summed E-state index contributed by atoms with van der Waals surface area (Å²) in [5.74, 6) is 1.85. The molecule has 4 heterocycles. The Morgan fingerprint density at radius 1 is 1.06 bits per heavy atom. The van der Waals surface area contributed by atoms with Gasteiger partial charge in [-0.25, -0.2) is 0 Å². The predicted octanol–water partition coefficient (Wildman–Crippen LogP) is 4.92. The average molecular weight is 492 g/mol. The number of rotatable bonds is 4. The van der Waals surface area contributed by atoms with Crippen molar-refractivity contribution in [2.45, 2.75) is 83.5 Å². The molecule has 36 heavy (non-hydrogen) atoms. The first kappa shape index (κ1) is 23.0. The van der Waals surface area contributed by atoms with E-state index in [-0.39, 0.29) is 31.2 Å². The van der Waals surface area contributed by atoms with Crippen molar-refractivity contribution in [3.8, 4) is 11.5 Å². The van der Waals surface area contributed by atoms with E-state index in [1.54, 1.807) is 11.0 Å². The molecule has 0 bridgehead atoms. The Morgan fingerprint density at radius 3 is 2.61 bits per heavy atom. The van der Waals surface area contributed by atoms with Gasteiger partial charge in [0, 0.05) is 24.7 Å². The molecule has 190 valence electrons. The van der Waals surface area contributed by atoms with Gasteiger partial charge in [-0.2, -0.15) is 0 Å². The number of ether oxygens (including phenoxy) is 2. The maximum Gasteiger partial charge on any atom is 0.271 e. The van der Waals surface area contributed by atoms with Crippen LogP contribution in [0.25, 0.3) is 11.1 Å². The topological polar surface area (TPSA) is 85.9 Å². The molecule has 6 rings (SSSR count). The Morgan fingerprint density at radius 2 is 1.81 bits per heavy atom. The van der Waals surface area contributed by atoms with Crippen LogP contribution in [0.5, 0.6) is 11.5 Å². The molecule has 0 radical (unpaired) electrons. The Bertz CT molecular complexity index is 1320. The van der Waals surface area contributed by atoms with Gasteiger partial charge in [0.2, 0.25) is 12.7 Å². The highest BCUT2D eigenvalue weighted by Crippen LogP contribution is 2.37. The van der Waals surface area contributed by atoms with Gasteiger partial charge in [-0.05, 0) is 44.4 Å². The molecule has 8 nitrogen and oxygen atoms in total. The molecule has 8 heteroatoms. The number of nitrogens with one attached hydrogen (secondary N) is 1. The van der Waals surface area contributed by atoms with Crippen molar-refractivity contribution >= 4 is 22.9 Å².